The van der Waals surface area contributed by atoms with E-state index in [2.05, 4.69) is 9.97 Å². The molecule has 17 heavy (non-hydrogen) atoms. The van der Waals surface area contributed by atoms with Crippen LogP contribution in [0.3, 0.4) is 0 Å². The average Bonchev–Trinajstić information content (AvgIpc) is 2.29. The molecule has 0 unspecified atom stereocenters. The number of nitrogens with zero attached hydrogens (tertiary/aromatic N) is 2. The van der Waals surface area contributed by atoms with Crippen molar-refractivity contribution in [1.82, 2.24) is 9.97 Å². The van der Waals surface area contributed by atoms with Crippen molar-refractivity contribution in [3.63, 3.8) is 0 Å². The van der Waals surface area contributed by atoms with Crippen LogP contribution in [-0.2, 0) is 6.18 Å². The molecule has 1 aromatic heterocycles. The van der Waals surface area contributed by atoms with Crippen molar-refractivity contribution in [1.29, 1.82) is 0 Å². The fourth-order valence-corrected chi connectivity index (χ4v) is 1.37. The topological polar surface area (TPSA) is 25.8 Å². The molecule has 0 atom stereocenters. The van der Waals surface area contributed by atoms with Gasteiger partial charge in [0, 0.05) is 18.0 Å². The second-order valence-corrected chi connectivity index (χ2v) is 3.66. The largest absolute Gasteiger partial charge is 0.451 e. The molecule has 1 heterocycles. The fraction of sp³-hybridized carbons (Fsp3) is 0.167. The molecule has 1 aromatic carbocycles. The average molecular weight is 238 g/mol. The SMILES string of the molecule is Cc1ccc(-c2cnc(C(F)(F)F)nc2)cc1. The molecular weight excluding hydrogens is 229 g/mol. The molecule has 88 valence electrons. The Hall–Kier alpha value is -1.91. The van der Waals surface area contributed by atoms with Crippen molar-refractivity contribution in [2.75, 3.05) is 0 Å². The summed E-state index contributed by atoms with van der Waals surface area (Å²) in [5, 5.41) is 0. The predicted molar refractivity (Wildman–Crippen MR) is 57.2 cm³/mol. The summed E-state index contributed by atoms with van der Waals surface area (Å²) in [6, 6.07) is 7.41. The van der Waals surface area contributed by atoms with Crippen LogP contribution in [0.2, 0.25) is 0 Å². The maximum Gasteiger partial charge on any atom is 0.451 e. The van der Waals surface area contributed by atoms with Gasteiger partial charge in [-0.05, 0) is 12.5 Å². The minimum atomic E-state index is -4.49. The van der Waals surface area contributed by atoms with E-state index in [4.69, 9.17) is 0 Å². The second kappa shape index (κ2) is 4.16. The third kappa shape index (κ3) is 2.61. The molecule has 0 saturated carbocycles. The van der Waals surface area contributed by atoms with Crippen molar-refractivity contribution in [2.45, 2.75) is 13.1 Å². The van der Waals surface area contributed by atoms with E-state index in [0.29, 0.717) is 5.56 Å². The summed E-state index contributed by atoms with van der Waals surface area (Å²) in [5.41, 5.74) is 2.45. The van der Waals surface area contributed by atoms with Gasteiger partial charge in [0.2, 0.25) is 5.82 Å². The van der Waals surface area contributed by atoms with E-state index in [0.717, 1.165) is 11.1 Å². The van der Waals surface area contributed by atoms with Gasteiger partial charge in [0.15, 0.2) is 0 Å². The number of aryl methyl sites for hydroxylation is 1. The maximum absolute atomic E-state index is 12.2. The van der Waals surface area contributed by atoms with Gasteiger partial charge in [0.25, 0.3) is 0 Å². The number of hydrogen-bond acceptors (Lipinski definition) is 2. The standard InChI is InChI=1S/C12H9F3N2/c1-8-2-4-9(5-3-8)10-6-16-11(17-7-10)12(13,14)15/h2-7H,1H3. The monoisotopic (exact) mass is 238 g/mol. The zero-order valence-electron chi connectivity index (χ0n) is 8.99. The summed E-state index contributed by atoms with van der Waals surface area (Å²) in [4.78, 5) is 6.63. The highest BCUT2D eigenvalue weighted by Crippen LogP contribution is 2.26. The molecule has 5 heteroatoms. The molecule has 2 aromatic rings. The molecule has 0 fully saturated rings. The van der Waals surface area contributed by atoms with Gasteiger partial charge in [-0.15, -0.1) is 0 Å². The van der Waals surface area contributed by atoms with Gasteiger partial charge in [-0.1, -0.05) is 29.8 Å². The van der Waals surface area contributed by atoms with Crippen LogP contribution < -0.4 is 0 Å². The summed E-state index contributed by atoms with van der Waals surface area (Å²) < 4.78 is 36.7. The zero-order valence-corrected chi connectivity index (χ0v) is 8.99. The lowest BCUT2D eigenvalue weighted by Crippen LogP contribution is -2.10. The van der Waals surface area contributed by atoms with Gasteiger partial charge in [-0.3, -0.25) is 0 Å². The van der Waals surface area contributed by atoms with Gasteiger partial charge in [-0.2, -0.15) is 13.2 Å². The highest BCUT2D eigenvalue weighted by molar-refractivity contribution is 5.61. The molecule has 0 bridgehead atoms. The van der Waals surface area contributed by atoms with Crippen LogP contribution in [0.4, 0.5) is 13.2 Å². The number of halogens is 3. The van der Waals surface area contributed by atoms with Gasteiger partial charge in [0.05, 0.1) is 0 Å². The van der Waals surface area contributed by atoms with Crippen molar-refractivity contribution < 1.29 is 13.2 Å². The highest BCUT2D eigenvalue weighted by atomic mass is 19.4. The van der Waals surface area contributed by atoms with Gasteiger partial charge < -0.3 is 0 Å². The molecule has 2 nitrogen and oxygen atoms in total. The molecule has 0 N–H and O–H groups in total. The number of rotatable bonds is 1. The van der Waals surface area contributed by atoms with E-state index < -0.39 is 12.0 Å². The molecule has 0 aliphatic rings. The lowest BCUT2D eigenvalue weighted by molar-refractivity contribution is -0.144. The lowest BCUT2D eigenvalue weighted by atomic mass is 10.1. The Morgan fingerprint density at radius 3 is 1.88 bits per heavy atom. The Labute approximate surface area is 96.2 Å². The van der Waals surface area contributed by atoms with Crippen LogP contribution in [0.15, 0.2) is 36.7 Å². The summed E-state index contributed by atoms with van der Waals surface area (Å²) in [5.74, 6) is -1.12. The first-order valence-electron chi connectivity index (χ1n) is 4.93. The van der Waals surface area contributed by atoms with Crippen LogP contribution in [0.5, 0.6) is 0 Å². The predicted octanol–water partition coefficient (Wildman–Crippen LogP) is 3.47. The summed E-state index contributed by atoms with van der Waals surface area (Å²) in [6.07, 6.45) is -2.13. The third-order valence-corrected chi connectivity index (χ3v) is 2.29. The van der Waals surface area contributed by atoms with Gasteiger partial charge in [-0.25, -0.2) is 9.97 Å². The van der Waals surface area contributed by atoms with E-state index in [9.17, 15) is 13.2 Å². The summed E-state index contributed by atoms with van der Waals surface area (Å²) >= 11 is 0. The molecule has 0 aliphatic heterocycles. The first-order valence-corrected chi connectivity index (χ1v) is 4.93. The molecule has 0 spiro atoms. The molecule has 0 radical (unpaired) electrons. The Morgan fingerprint density at radius 1 is 0.882 bits per heavy atom. The van der Waals surface area contributed by atoms with E-state index in [-0.39, 0.29) is 0 Å². The number of alkyl halides is 3. The Kier molecular flexibility index (Phi) is 2.83. The number of hydrogen-bond donors (Lipinski definition) is 0. The summed E-state index contributed by atoms with van der Waals surface area (Å²) in [7, 11) is 0. The first-order chi connectivity index (χ1) is 7.97. The van der Waals surface area contributed by atoms with Crippen LogP contribution in [-0.4, -0.2) is 9.97 Å². The second-order valence-electron chi connectivity index (χ2n) is 3.66. The molecule has 2 rings (SSSR count). The lowest BCUT2D eigenvalue weighted by Gasteiger charge is -2.05. The van der Waals surface area contributed by atoms with Crippen LogP contribution in [0, 0.1) is 6.92 Å². The normalized spacial score (nSPS) is 11.5. The Bertz CT molecular complexity index is 501. The Morgan fingerprint density at radius 2 is 1.41 bits per heavy atom. The Balaban J connectivity index is 2.33. The van der Waals surface area contributed by atoms with Gasteiger partial charge >= 0.3 is 6.18 Å². The van der Waals surface area contributed by atoms with Crippen molar-refractivity contribution >= 4 is 0 Å². The zero-order chi connectivity index (χ0) is 12.5. The van der Waals surface area contributed by atoms with Crippen molar-refractivity contribution in [2.24, 2.45) is 0 Å². The highest BCUT2D eigenvalue weighted by Gasteiger charge is 2.34. The van der Waals surface area contributed by atoms with Crippen molar-refractivity contribution in [3.8, 4) is 11.1 Å². The van der Waals surface area contributed by atoms with Crippen LogP contribution in [0.1, 0.15) is 11.4 Å². The van der Waals surface area contributed by atoms with E-state index in [1.165, 1.54) is 12.4 Å². The van der Waals surface area contributed by atoms with Gasteiger partial charge in [0.1, 0.15) is 0 Å². The number of aromatic nitrogens is 2. The molecule has 0 amide bonds. The number of benzene rings is 1. The van der Waals surface area contributed by atoms with E-state index in [1.807, 2.05) is 31.2 Å². The fourth-order valence-electron chi connectivity index (χ4n) is 1.37. The van der Waals surface area contributed by atoms with Crippen LogP contribution in [0.25, 0.3) is 11.1 Å². The maximum atomic E-state index is 12.2. The third-order valence-electron chi connectivity index (χ3n) is 2.29. The van der Waals surface area contributed by atoms with Crippen molar-refractivity contribution in [3.05, 3.63) is 48.0 Å². The quantitative estimate of drug-likeness (QED) is 0.760. The van der Waals surface area contributed by atoms with E-state index >= 15 is 0 Å². The van der Waals surface area contributed by atoms with Crippen LogP contribution >= 0.6 is 0 Å². The summed E-state index contributed by atoms with van der Waals surface area (Å²) in [6.45, 7) is 1.94. The minimum Gasteiger partial charge on any atom is -0.232 e. The molecule has 0 saturated heterocycles. The molecular formula is C12H9F3N2. The minimum absolute atomic E-state index is 0.568. The van der Waals surface area contributed by atoms with E-state index in [1.54, 1.807) is 0 Å². The smallest absolute Gasteiger partial charge is 0.232 e. The molecule has 0 aliphatic carbocycles. The first kappa shape index (κ1) is 11.6.